The number of nitrogens with one attached hydrogen (secondary N) is 1. The van der Waals surface area contributed by atoms with E-state index in [1.54, 1.807) is 0 Å². The van der Waals surface area contributed by atoms with Gasteiger partial charge in [-0.25, -0.2) is 8.42 Å². The smallest absolute Gasteiger partial charge is 0.153 e. The molecule has 1 aliphatic rings. The molecule has 0 aliphatic carbocycles. The molecular weight excluding hydrogens is 284 g/mol. The summed E-state index contributed by atoms with van der Waals surface area (Å²) in [6, 6.07) is 11.0. The lowest BCUT2D eigenvalue weighted by Gasteiger charge is -2.30. The quantitative estimate of drug-likeness (QED) is 0.868. The van der Waals surface area contributed by atoms with E-state index in [0.29, 0.717) is 12.6 Å². The third-order valence-electron chi connectivity index (χ3n) is 4.02. The summed E-state index contributed by atoms with van der Waals surface area (Å²) in [5.74, 6) is 0.561. The van der Waals surface area contributed by atoms with Crippen LogP contribution >= 0.6 is 0 Å². The van der Waals surface area contributed by atoms with Crippen LogP contribution in [0.15, 0.2) is 30.3 Å². The summed E-state index contributed by atoms with van der Waals surface area (Å²) in [5, 5.41) is 3.33. The van der Waals surface area contributed by atoms with Gasteiger partial charge >= 0.3 is 0 Å². The molecule has 1 fully saturated rings. The van der Waals surface area contributed by atoms with Crippen molar-refractivity contribution in [2.24, 2.45) is 0 Å². The molecule has 1 heterocycles. The Labute approximate surface area is 128 Å². The Kier molecular flexibility index (Phi) is 5.79. The van der Waals surface area contributed by atoms with E-state index in [2.05, 4.69) is 48.3 Å². The van der Waals surface area contributed by atoms with E-state index >= 15 is 0 Å². The minimum absolute atomic E-state index is 0.0979. The van der Waals surface area contributed by atoms with E-state index in [4.69, 9.17) is 0 Å². The summed E-state index contributed by atoms with van der Waals surface area (Å²) in [6.07, 6.45) is 0.879. The molecule has 1 saturated heterocycles. The van der Waals surface area contributed by atoms with E-state index < -0.39 is 9.84 Å². The van der Waals surface area contributed by atoms with Crippen molar-refractivity contribution >= 4 is 9.84 Å². The number of hydrogen-bond donors (Lipinski definition) is 1. The molecule has 1 aromatic rings. The van der Waals surface area contributed by atoms with Crippen LogP contribution in [-0.2, 0) is 16.4 Å². The van der Waals surface area contributed by atoms with Crippen molar-refractivity contribution in [3.63, 3.8) is 0 Å². The first-order valence-corrected chi connectivity index (χ1v) is 9.50. The molecule has 5 heteroatoms. The molecule has 0 amide bonds. The second kappa shape index (κ2) is 7.38. The second-order valence-electron chi connectivity index (χ2n) is 6.10. The van der Waals surface area contributed by atoms with Crippen LogP contribution in [0.5, 0.6) is 0 Å². The first kappa shape index (κ1) is 16.5. The van der Waals surface area contributed by atoms with Gasteiger partial charge in [-0.3, -0.25) is 4.90 Å². The number of benzene rings is 1. The lowest BCUT2D eigenvalue weighted by atomic mass is 10.1. The van der Waals surface area contributed by atoms with Crippen molar-refractivity contribution in [1.82, 2.24) is 10.2 Å². The van der Waals surface area contributed by atoms with Crippen molar-refractivity contribution in [3.8, 4) is 0 Å². The van der Waals surface area contributed by atoms with Crippen LogP contribution in [-0.4, -0.2) is 50.0 Å². The fourth-order valence-corrected chi connectivity index (χ4v) is 4.21. The van der Waals surface area contributed by atoms with Crippen molar-refractivity contribution < 1.29 is 8.42 Å². The molecule has 0 bridgehead atoms. The van der Waals surface area contributed by atoms with Gasteiger partial charge in [0.2, 0.25) is 0 Å². The molecule has 0 saturated carbocycles. The van der Waals surface area contributed by atoms with Crippen LogP contribution < -0.4 is 5.32 Å². The third kappa shape index (κ3) is 5.41. The maximum atomic E-state index is 11.7. The van der Waals surface area contributed by atoms with Gasteiger partial charge in [-0.2, -0.15) is 0 Å². The largest absolute Gasteiger partial charge is 0.312 e. The van der Waals surface area contributed by atoms with Gasteiger partial charge in [0.15, 0.2) is 9.84 Å². The summed E-state index contributed by atoms with van der Waals surface area (Å²) < 4.78 is 23.4. The molecule has 1 unspecified atom stereocenters. The molecule has 0 aromatic heterocycles. The Morgan fingerprint density at radius 1 is 1.29 bits per heavy atom. The molecule has 0 spiro atoms. The van der Waals surface area contributed by atoms with Crippen LogP contribution in [0, 0.1) is 0 Å². The fourth-order valence-electron chi connectivity index (χ4n) is 2.71. The van der Waals surface area contributed by atoms with Crippen molar-refractivity contribution in [2.45, 2.75) is 38.9 Å². The van der Waals surface area contributed by atoms with Gasteiger partial charge in [0.1, 0.15) is 0 Å². The minimum Gasteiger partial charge on any atom is -0.312 e. The monoisotopic (exact) mass is 310 g/mol. The average Bonchev–Trinajstić information content (AvgIpc) is 2.43. The highest BCUT2D eigenvalue weighted by Gasteiger charge is 2.24. The van der Waals surface area contributed by atoms with Gasteiger partial charge in [-0.1, -0.05) is 30.3 Å². The van der Waals surface area contributed by atoms with Crippen LogP contribution in [0.25, 0.3) is 0 Å². The van der Waals surface area contributed by atoms with Crippen LogP contribution in [0.1, 0.15) is 25.8 Å². The van der Waals surface area contributed by atoms with Crippen LogP contribution in [0.2, 0.25) is 0 Å². The first-order valence-electron chi connectivity index (χ1n) is 7.68. The lowest BCUT2D eigenvalue weighted by molar-refractivity contribution is 0.202. The molecule has 118 valence electrons. The first-order chi connectivity index (χ1) is 9.96. The molecular formula is C16H26N2O2S. The Hall–Kier alpha value is -0.910. The van der Waals surface area contributed by atoms with E-state index in [1.807, 2.05) is 6.07 Å². The average molecular weight is 310 g/mol. The highest BCUT2D eigenvalue weighted by atomic mass is 32.2. The molecule has 21 heavy (non-hydrogen) atoms. The summed E-state index contributed by atoms with van der Waals surface area (Å²) in [6.45, 7) is 6.80. The van der Waals surface area contributed by atoms with Gasteiger partial charge in [0.25, 0.3) is 0 Å². The van der Waals surface area contributed by atoms with Gasteiger partial charge in [0.05, 0.1) is 11.5 Å². The second-order valence-corrected chi connectivity index (χ2v) is 8.33. The van der Waals surface area contributed by atoms with Crippen molar-refractivity contribution in [1.29, 1.82) is 0 Å². The number of rotatable bonds is 6. The Balaban J connectivity index is 1.88. The third-order valence-corrected chi connectivity index (χ3v) is 5.76. The van der Waals surface area contributed by atoms with E-state index in [-0.39, 0.29) is 17.5 Å². The van der Waals surface area contributed by atoms with E-state index in [9.17, 15) is 8.42 Å². The predicted molar refractivity (Wildman–Crippen MR) is 87.0 cm³/mol. The van der Waals surface area contributed by atoms with E-state index in [1.165, 1.54) is 5.56 Å². The zero-order valence-electron chi connectivity index (χ0n) is 13.0. The normalized spacial score (nSPS) is 21.8. The summed E-state index contributed by atoms with van der Waals surface area (Å²) >= 11 is 0. The zero-order chi connectivity index (χ0) is 15.3. The highest BCUT2D eigenvalue weighted by Crippen LogP contribution is 2.11. The lowest BCUT2D eigenvalue weighted by Crippen LogP contribution is -2.47. The molecule has 2 rings (SSSR count). The summed E-state index contributed by atoms with van der Waals surface area (Å²) in [7, 11) is -2.84. The maximum Gasteiger partial charge on any atom is 0.153 e. The SMILES string of the molecule is CC(C)N(CCC1CS(=O)(=O)CCN1)Cc1ccccc1. The van der Waals surface area contributed by atoms with E-state index in [0.717, 1.165) is 19.5 Å². The molecule has 1 N–H and O–H groups in total. The minimum atomic E-state index is -2.84. The predicted octanol–water partition coefficient (Wildman–Crippen LogP) is 1.67. The van der Waals surface area contributed by atoms with Crippen LogP contribution in [0.3, 0.4) is 0 Å². The Morgan fingerprint density at radius 3 is 2.62 bits per heavy atom. The molecule has 0 radical (unpaired) electrons. The number of nitrogens with zero attached hydrogens (tertiary/aromatic N) is 1. The standard InChI is InChI=1S/C16H26N2O2S/c1-14(2)18(12-15-6-4-3-5-7-15)10-8-16-13-21(19,20)11-9-17-16/h3-7,14,16-17H,8-13H2,1-2H3. The number of sulfone groups is 1. The highest BCUT2D eigenvalue weighted by molar-refractivity contribution is 7.91. The molecule has 1 aliphatic heterocycles. The van der Waals surface area contributed by atoms with Gasteiger partial charge in [-0.05, 0) is 25.8 Å². The molecule has 1 atom stereocenters. The van der Waals surface area contributed by atoms with Gasteiger partial charge in [-0.15, -0.1) is 0 Å². The fraction of sp³-hybridized carbons (Fsp3) is 0.625. The Morgan fingerprint density at radius 2 is 2.00 bits per heavy atom. The summed E-state index contributed by atoms with van der Waals surface area (Å²) in [4.78, 5) is 2.40. The van der Waals surface area contributed by atoms with Crippen LogP contribution in [0.4, 0.5) is 0 Å². The van der Waals surface area contributed by atoms with Crippen molar-refractivity contribution in [3.05, 3.63) is 35.9 Å². The van der Waals surface area contributed by atoms with Gasteiger partial charge in [0, 0.05) is 31.7 Å². The number of hydrogen-bond acceptors (Lipinski definition) is 4. The zero-order valence-corrected chi connectivity index (χ0v) is 13.8. The maximum absolute atomic E-state index is 11.7. The molecule has 1 aromatic carbocycles. The summed E-state index contributed by atoms with van der Waals surface area (Å²) in [5.41, 5.74) is 1.30. The van der Waals surface area contributed by atoms with Crippen molar-refractivity contribution in [2.75, 3.05) is 24.6 Å². The topological polar surface area (TPSA) is 49.4 Å². The van der Waals surface area contributed by atoms with Gasteiger partial charge < -0.3 is 5.32 Å². The molecule has 4 nitrogen and oxygen atoms in total. The Bertz CT molecular complexity index is 528.